The van der Waals surface area contributed by atoms with Gasteiger partial charge in [0.15, 0.2) is 0 Å². The Labute approximate surface area is 134 Å². The minimum Gasteiger partial charge on any atom is -0.457 e. The molecule has 0 radical (unpaired) electrons. The van der Waals surface area contributed by atoms with Crippen molar-refractivity contribution >= 4 is 5.97 Å². The fourth-order valence-corrected chi connectivity index (χ4v) is 3.37. The number of nitriles is 1. The zero-order chi connectivity index (χ0) is 17.0. The van der Waals surface area contributed by atoms with Crippen LogP contribution in [0.5, 0.6) is 0 Å². The number of halogens is 3. The molecule has 0 saturated heterocycles. The van der Waals surface area contributed by atoms with Gasteiger partial charge in [0.2, 0.25) is 5.83 Å². The van der Waals surface area contributed by atoms with Crippen LogP contribution in [0.15, 0.2) is 11.7 Å². The van der Waals surface area contributed by atoms with Crippen LogP contribution in [0, 0.1) is 29.1 Å². The van der Waals surface area contributed by atoms with Gasteiger partial charge < -0.3 is 4.74 Å². The van der Waals surface area contributed by atoms with E-state index in [9.17, 15) is 18.0 Å². The van der Waals surface area contributed by atoms with E-state index in [-0.39, 0.29) is 24.7 Å². The standard InChI is InChI=1S/C17H22F3NO2/c1-10-2-7-13(14(18)8-10)15(19)16(20)17(22)23-12-5-3-11(9-21)4-6-12/h10-14H,2-8H2,1H3. The number of carbonyl (C=O) groups excluding carboxylic acids is 1. The molecule has 0 aromatic heterocycles. The lowest BCUT2D eigenvalue weighted by Gasteiger charge is -2.29. The van der Waals surface area contributed by atoms with Gasteiger partial charge in [-0.05, 0) is 50.9 Å². The molecule has 3 unspecified atom stereocenters. The van der Waals surface area contributed by atoms with Crippen LogP contribution in [0.2, 0.25) is 0 Å². The van der Waals surface area contributed by atoms with Crippen molar-refractivity contribution in [1.29, 1.82) is 5.26 Å². The largest absolute Gasteiger partial charge is 0.457 e. The number of ether oxygens (including phenoxy) is 1. The number of hydrogen-bond acceptors (Lipinski definition) is 3. The van der Waals surface area contributed by atoms with Gasteiger partial charge in [-0.3, -0.25) is 0 Å². The summed E-state index contributed by atoms with van der Waals surface area (Å²) in [6.07, 6.45) is 1.10. The molecular weight excluding hydrogens is 307 g/mol. The van der Waals surface area contributed by atoms with Crippen LogP contribution < -0.4 is 0 Å². The van der Waals surface area contributed by atoms with Crippen LogP contribution in [0.3, 0.4) is 0 Å². The molecule has 3 nitrogen and oxygen atoms in total. The van der Waals surface area contributed by atoms with E-state index in [0.29, 0.717) is 32.1 Å². The molecule has 0 heterocycles. The van der Waals surface area contributed by atoms with Gasteiger partial charge in [0, 0.05) is 11.8 Å². The van der Waals surface area contributed by atoms with E-state index < -0.39 is 35.8 Å². The van der Waals surface area contributed by atoms with E-state index in [4.69, 9.17) is 10.00 Å². The van der Waals surface area contributed by atoms with Crippen LogP contribution >= 0.6 is 0 Å². The van der Waals surface area contributed by atoms with Gasteiger partial charge in [-0.2, -0.15) is 9.65 Å². The van der Waals surface area contributed by atoms with Crippen molar-refractivity contribution in [2.45, 2.75) is 64.1 Å². The lowest BCUT2D eigenvalue weighted by molar-refractivity contribution is -0.148. The maximum Gasteiger partial charge on any atom is 0.370 e. The normalized spacial score (nSPS) is 35.9. The van der Waals surface area contributed by atoms with E-state index in [1.54, 1.807) is 0 Å². The van der Waals surface area contributed by atoms with E-state index in [1.165, 1.54) is 0 Å². The van der Waals surface area contributed by atoms with Gasteiger partial charge in [0.05, 0.1) is 6.07 Å². The fourth-order valence-electron chi connectivity index (χ4n) is 3.37. The molecule has 0 aromatic carbocycles. The van der Waals surface area contributed by atoms with E-state index in [2.05, 4.69) is 6.07 Å². The molecule has 2 saturated carbocycles. The minimum absolute atomic E-state index is 0.0707. The molecular formula is C17H22F3NO2. The quantitative estimate of drug-likeness (QED) is 0.564. The van der Waals surface area contributed by atoms with Crippen LogP contribution in [-0.2, 0) is 9.53 Å². The predicted molar refractivity (Wildman–Crippen MR) is 78.1 cm³/mol. The lowest BCUT2D eigenvalue weighted by Crippen LogP contribution is -2.28. The second kappa shape index (κ2) is 7.85. The lowest BCUT2D eigenvalue weighted by atomic mass is 9.80. The first-order chi connectivity index (χ1) is 10.9. The Hall–Kier alpha value is -1.51. The van der Waals surface area contributed by atoms with Crippen molar-refractivity contribution in [3.63, 3.8) is 0 Å². The molecule has 0 bridgehead atoms. The summed E-state index contributed by atoms with van der Waals surface area (Å²) in [5.41, 5.74) is 0. The van der Waals surface area contributed by atoms with Crippen LogP contribution in [0.25, 0.3) is 0 Å². The van der Waals surface area contributed by atoms with Gasteiger partial charge in [0.25, 0.3) is 0 Å². The minimum atomic E-state index is -1.60. The highest BCUT2D eigenvalue weighted by atomic mass is 19.2. The maximum atomic E-state index is 14.1. The van der Waals surface area contributed by atoms with Gasteiger partial charge in [-0.1, -0.05) is 6.92 Å². The molecule has 0 amide bonds. The number of rotatable bonds is 3. The predicted octanol–water partition coefficient (Wildman–Crippen LogP) is 4.54. The maximum absolute atomic E-state index is 14.1. The molecule has 2 aliphatic rings. The third-order valence-electron chi connectivity index (χ3n) is 4.88. The second-order valence-electron chi connectivity index (χ2n) is 6.71. The first kappa shape index (κ1) is 17.8. The highest BCUT2D eigenvalue weighted by Crippen LogP contribution is 2.37. The van der Waals surface area contributed by atoms with Crippen LogP contribution in [-0.4, -0.2) is 18.2 Å². The third-order valence-corrected chi connectivity index (χ3v) is 4.88. The van der Waals surface area contributed by atoms with Crippen molar-refractivity contribution in [3.8, 4) is 6.07 Å². The molecule has 6 heteroatoms. The Morgan fingerprint density at radius 2 is 1.78 bits per heavy atom. The monoisotopic (exact) mass is 329 g/mol. The molecule has 128 valence electrons. The molecule has 0 N–H and O–H groups in total. The van der Waals surface area contributed by atoms with Crippen molar-refractivity contribution in [2.75, 3.05) is 0 Å². The molecule has 2 aliphatic carbocycles. The number of allylic oxidation sites excluding steroid dienone is 1. The molecule has 0 aromatic rings. The Bertz CT molecular complexity index is 506. The first-order valence-corrected chi connectivity index (χ1v) is 8.22. The average molecular weight is 329 g/mol. The Kier molecular flexibility index (Phi) is 6.09. The number of esters is 1. The molecule has 3 atom stereocenters. The summed E-state index contributed by atoms with van der Waals surface area (Å²) in [6, 6.07) is 2.14. The summed E-state index contributed by atoms with van der Waals surface area (Å²) < 4.78 is 46.9. The molecule has 23 heavy (non-hydrogen) atoms. The van der Waals surface area contributed by atoms with Gasteiger partial charge in [-0.25, -0.2) is 13.6 Å². The summed E-state index contributed by atoms with van der Waals surface area (Å²) in [4.78, 5) is 11.7. The summed E-state index contributed by atoms with van der Waals surface area (Å²) in [5.74, 6) is -5.39. The average Bonchev–Trinajstić information content (AvgIpc) is 2.54. The zero-order valence-corrected chi connectivity index (χ0v) is 13.2. The topological polar surface area (TPSA) is 50.1 Å². The highest BCUT2D eigenvalue weighted by molar-refractivity contribution is 5.86. The second-order valence-corrected chi connectivity index (χ2v) is 6.71. The van der Waals surface area contributed by atoms with E-state index in [1.807, 2.05) is 6.92 Å². The van der Waals surface area contributed by atoms with Gasteiger partial charge >= 0.3 is 5.97 Å². The number of nitrogens with zero attached hydrogens (tertiary/aromatic N) is 1. The number of carbonyl (C=O) groups is 1. The first-order valence-electron chi connectivity index (χ1n) is 8.22. The zero-order valence-electron chi connectivity index (χ0n) is 13.2. The number of alkyl halides is 1. The van der Waals surface area contributed by atoms with Crippen molar-refractivity contribution < 1.29 is 22.7 Å². The fraction of sp³-hybridized carbons (Fsp3) is 0.765. The van der Waals surface area contributed by atoms with Gasteiger partial charge in [0.1, 0.15) is 18.1 Å². The molecule has 2 fully saturated rings. The SMILES string of the molecule is CC1CCC(C(F)=C(F)C(=O)OC2CCC(C#N)CC2)C(F)C1. The summed E-state index contributed by atoms with van der Waals surface area (Å²) >= 11 is 0. The molecule has 0 spiro atoms. The van der Waals surface area contributed by atoms with Crippen LogP contribution in [0.1, 0.15) is 51.9 Å². The Balaban J connectivity index is 1.94. The van der Waals surface area contributed by atoms with Crippen molar-refractivity contribution in [1.82, 2.24) is 0 Å². The Morgan fingerprint density at radius 1 is 1.13 bits per heavy atom. The van der Waals surface area contributed by atoms with Crippen LogP contribution in [0.4, 0.5) is 13.2 Å². The highest BCUT2D eigenvalue weighted by Gasteiger charge is 2.36. The smallest absolute Gasteiger partial charge is 0.370 e. The van der Waals surface area contributed by atoms with Crippen molar-refractivity contribution in [2.24, 2.45) is 17.8 Å². The summed E-state index contributed by atoms with van der Waals surface area (Å²) in [7, 11) is 0. The molecule has 0 aliphatic heterocycles. The van der Waals surface area contributed by atoms with Gasteiger partial charge in [-0.15, -0.1) is 0 Å². The summed E-state index contributed by atoms with van der Waals surface area (Å²) in [6.45, 7) is 1.87. The number of hydrogen-bond donors (Lipinski definition) is 0. The summed E-state index contributed by atoms with van der Waals surface area (Å²) in [5, 5.41) is 8.80. The Morgan fingerprint density at radius 3 is 2.35 bits per heavy atom. The van der Waals surface area contributed by atoms with E-state index in [0.717, 1.165) is 0 Å². The molecule has 2 rings (SSSR count). The van der Waals surface area contributed by atoms with E-state index >= 15 is 0 Å². The third kappa shape index (κ3) is 4.49. The van der Waals surface area contributed by atoms with Crippen molar-refractivity contribution in [3.05, 3.63) is 11.7 Å².